The molecule has 1 saturated heterocycles. The lowest BCUT2D eigenvalue weighted by molar-refractivity contribution is 0.0525. The minimum atomic E-state index is -0.410. The number of carbonyl (C=O) groups is 1. The molecule has 0 aliphatic carbocycles. The number of ether oxygens (including phenoxy) is 1. The molecule has 1 aliphatic heterocycles. The second-order valence-corrected chi connectivity index (χ2v) is 8.94. The van der Waals surface area contributed by atoms with Gasteiger partial charge in [0.1, 0.15) is 0 Å². The first-order valence-corrected chi connectivity index (χ1v) is 12.3. The first kappa shape index (κ1) is 23.5. The molecule has 8 nitrogen and oxygen atoms in total. The largest absolute Gasteiger partial charge is 0.462 e. The van der Waals surface area contributed by atoms with Gasteiger partial charge in [-0.25, -0.2) is 19.6 Å². The molecule has 1 fully saturated rings. The minimum absolute atomic E-state index is 0.0252. The number of piperidine rings is 1. The number of anilines is 1. The summed E-state index contributed by atoms with van der Waals surface area (Å²) < 4.78 is 8.48. The lowest BCUT2D eigenvalue weighted by Gasteiger charge is -2.31. The first-order chi connectivity index (χ1) is 17.6. The van der Waals surface area contributed by atoms with Crippen molar-refractivity contribution in [3.05, 3.63) is 95.4 Å². The van der Waals surface area contributed by atoms with Gasteiger partial charge in [-0.3, -0.25) is 9.13 Å². The molecule has 0 bridgehead atoms. The van der Waals surface area contributed by atoms with Crippen LogP contribution in [-0.4, -0.2) is 44.8 Å². The van der Waals surface area contributed by atoms with E-state index in [-0.39, 0.29) is 5.69 Å². The van der Waals surface area contributed by atoms with Crippen molar-refractivity contribution in [2.24, 2.45) is 5.92 Å². The molecule has 0 amide bonds. The van der Waals surface area contributed by atoms with Crippen molar-refractivity contribution < 1.29 is 9.53 Å². The van der Waals surface area contributed by atoms with E-state index in [0.717, 1.165) is 42.7 Å². The van der Waals surface area contributed by atoms with Crippen LogP contribution in [0.25, 0.3) is 16.8 Å². The standard InChI is InChI=1S/C28H29N5O3/c1-2-36-26(34)24-18-29-27(30-19-24)31-14-12-21(13-15-31)20-32-16-17-33(28(32)35)25-10-8-23(9-11-25)22-6-4-3-5-7-22/h3-11,16-19,21H,2,12-15,20H2,1H3. The van der Waals surface area contributed by atoms with Crippen LogP contribution in [0.1, 0.15) is 30.1 Å². The van der Waals surface area contributed by atoms with Crippen molar-refractivity contribution in [2.75, 3.05) is 24.6 Å². The van der Waals surface area contributed by atoms with Crippen molar-refractivity contribution >= 4 is 11.9 Å². The first-order valence-electron chi connectivity index (χ1n) is 12.3. The summed E-state index contributed by atoms with van der Waals surface area (Å²) in [7, 11) is 0. The molecular formula is C28H29N5O3. The molecule has 0 spiro atoms. The number of imidazole rings is 1. The summed E-state index contributed by atoms with van der Waals surface area (Å²) in [6, 6.07) is 18.3. The van der Waals surface area contributed by atoms with E-state index in [1.807, 2.05) is 54.9 Å². The highest BCUT2D eigenvalue weighted by Crippen LogP contribution is 2.23. The van der Waals surface area contributed by atoms with Crippen LogP contribution in [0.2, 0.25) is 0 Å². The summed E-state index contributed by atoms with van der Waals surface area (Å²) in [4.78, 5) is 35.7. The van der Waals surface area contributed by atoms with E-state index in [0.29, 0.717) is 30.6 Å². The number of benzene rings is 2. The predicted molar refractivity (Wildman–Crippen MR) is 138 cm³/mol. The molecule has 4 aromatic rings. The van der Waals surface area contributed by atoms with Crippen LogP contribution >= 0.6 is 0 Å². The Morgan fingerprint density at radius 3 is 2.28 bits per heavy atom. The Hall–Kier alpha value is -4.20. The van der Waals surface area contributed by atoms with E-state index in [2.05, 4.69) is 27.0 Å². The van der Waals surface area contributed by atoms with Gasteiger partial charge in [-0.15, -0.1) is 0 Å². The van der Waals surface area contributed by atoms with Crippen LogP contribution in [0.3, 0.4) is 0 Å². The molecule has 0 N–H and O–H groups in total. The SMILES string of the molecule is CCOC(=O)c1cnc(N2CCC(Cn3ccn(-c4ccc(-c5ccccc5)cc4)c3=O)CC2)nc1. The Kier molecular flexibility index (Phi) is 6.93. The Bertz CT molecular complexity index is 1350. The molecule has 2 aromatic heterocycles. The van der Waals surface area contributed by atoms with Gasteiger partial charge < -0.3 is 9.64 Å². The highest BCUT2D eigenvalue weighted by molar-refractivity contribution is 5.88. The van der Waals surface area contributed by atoms with Crippen molar-refractivity contribution in [3.63, 3.8) is 0 Å². The third-order valence-corrected chi connectivity index (χ3v) is 6.60. The second kappa shape index (κ2) is 10.6. The number of carbonyl (C=O) groups excluding carboxylic acids is 1. The fraction of sp³-hybridized carbons (Fsp3) is 0.286. The Morgan fingerprint density at radius 2 is 1.61 bits per heavy atom. The maximum absolute atomic E-state index is 13.1. The average Bonchev–Trinajstić information content (AvgIpc) is 3.29. The molecule has 5 rings (SSSR count). The van der Waals surface area contributed by atoms with Crippen LogP contribution < -0.4 is 10.6 Å². The summed E-state index contributed by atoms with van der Waals surface area (Å²) >= 11 is 0. The fourth-order valence-corrected chi connectivity index (χ4v) is 4.59. The van der Waals surface area contributed by atoms with Gasteiger partial charge in [0.15, 0.2) is 0 Å². The number of hydrogen-bond donors (Lipinski definition) is 0. The average molecular weight is 484 g/mol. The molecule has 0 atom stereocenters. The van der Waals surface area contributed by atoms with Crippen molar-refractivity contribution in [1.29, 1.82) is 0 Å². The maximum Gasteiger partial charge on any atom is 0.341 e. The minimum Gasteiger partial charge on any atom is -0.462 e. The van der Waals surface area contributed by atoms with Crippen LogP contribution in [0.4, 0.5) is 5.95 Å². The van der Waals surface area contributed by atoms with Gasteiger partial charge in [0.05, 0.1) is 17.9 Å². The molecule has 8 heteroatoms. The summed E-state index contributed by atoms with van der Waals surface area (Å²) in [5.74, 6) is 0.602. The van der Waals surface area contributed by atoms with Gasteiger partial charge >= 0.3 is 11.7 Å². The maximum atomic E-state index is 13.1. The molecule has 184 valence electrons. The number of hydrogen-bond acceptors (Lipinski definition) is 6. The number of esters is 1. The third-order valence-electron chi connectivity index (χ3n) is 6.60. The van der Waals surface area contributed by atoms with Crippen LogP contribution in [0.15, 0.2) is 84.2 Å². The van der Waals surface area contributed by atoms with E-state index >= 15 is 0 Å². The molecule has 3 heterocycles. The van der Waals surface area contributed by atoms with Gasteiger partial charge in [0.25, 0.3) is 0 Å². The monoisotopic (exact) mass is 483 g/mol. The van der Waals surface area contributed by atoms with Gasteiger partial charge in [0, 0.05) is 44.4 Å². The molecule has 1 aliphatic rings. The summed E-state index contributed by atoms with van der Waals surface area (Å²) in [5.41, 5.74) is 3.47. The lowest BCUT2D eigenvalue weighted by atomic mass is 9.97. The zero-order chi connectivity index (χ0) is 24.9. The quantitative estimate of drug-likeness (QED) is 0.367. The molecule has 2 aromatic carbocycles. The molecule has 0 unspecified atom stereocenters. The van der Waals surface area contributed by atoms with Crippen molar-refractivity contribution in [2.45, 2.75) is 26.3 Å². The highest BCUT2D eigenvalue weighted by Gasteiger charge is 2.22. The number of rotatable bonds is 7. The molecule has 36 heavy (non-hydrogen) atoms. The Morgan fingerprint density at radius 1 is 0.944 bits per heavy atom. The zero-order valence-corrected chi connectivity index (χ0v) is 20.3. The summed E-state index contributed by atoms with van der Waals surface area (Å²) in [5, 5.41) is 0. The van der Waals surface area contributed by atoms with Crippen molar-refractivity contribution in [1.82, 2.24) is 19.1 Å². The molecule has 0 saturated carbocycles. The summed E-state index contributed by atoms with van der Waals surface area (Å²) in [6.45, 7) is 4.38. The number of aromatic nitrogens is 4. The predicted octanol–water partition coefficient (Wildman–Crippen LogP) is 4.19. The van der Waals surface area contributed by atoms with Crippen LogP contribution in [0, 0.1) is 5.92 Å². The van der Waals surface area contributed by atoms with Gasteiger partial charge in [0.2, 0.25) is 5.95 Å². The smallest absolute Gasteiger partial charge is 0.341 e. The second-order valence-electron chi connectivity index (χ2n) is 8.94. The van der Waals surface area contributed by atoms with Crippen LogP contribution in [0.5, 0.6) is 0 Å². The Labute approximate surface area is 209 Å². The Balaban J connectivity index is 1.19. The van der Waals surface area contributed by atoms with E-state index in [1.54, 1.807) is 16.1 Å². The lowest BCUT2D eigenvalue weighted by Crippen LogP contribution is -2.37. The topological polar surface area (TPSA) is 82.2 Å². The van der Waals surface area contributed by atoms with Crippen molar-refractivity contribution in [3.8, 4) is 16.8 Å². The fourth-order valence-electron chi connectivity index (χ4n) is 4.59. The normalized spacial score (nSPS) is 14.1. The van der Waals surface area contributed by atoms with Gasteiger partial charge in [-0.2, -0.15) is 0 Å². The van der Waals surface area contributed by atoms with Gasteiger partial charge in [-0.05, 0) is 48.9 Å². The number of nitrogens with zero attached hydrogens (tertiary/aromatic N) is 5. The van der Waals surface area contributed by atoms with Gasteiger partial charge in [-0.1, -0.05) is 42.5 Å². The van der Waals surface area contributed by atoms with E-state index in [9.17, 15) is 9.59 Å². The van der Waals surface area contributed by atoms with E-state index < -0.39 is 5.97 Å². The molecule has 0 radical (unpaired) electrons. The van der Waals surface area contributed by atoms with Crippen LogP contribution in [-0.2, 0) is 11.3 Å². The molecular weight excluding hydrogens is 454 g/mol. The summed E-state index contributed by atoms with van der Waals surface area (Å²) in [6.07, 6.45) is 8.62. The highest BCUT2D eigenvalue weighted by atomic mass is 16.5. The van der Waals surface area contributed by atoms with E-state index in [1.165, 1.54) is 12.4 Å². The zero-order valence-electron chi connectivity index (χ0n) is 20.3. The van der Waals surface area contributed by atoms with E-state index in [4.69, 9.17) is 4.74 Å². The third kappa shape index (κ3) is 5.07.